The van der Waals surface area contributed by atoms with E-state index >= 15 is 0 Å². The first-order chi connectivity index (χ1) is 16.1. The molecule has 1 aliphatic rings. The summed E-state index contributed by atoms with van der Waals surface area (Å²) >= 11 is 3.05. The summed E-state index contributed by atoms with van der Waals surface area (Å²) < 4.78 is 12.2. The van der Waals surface area contributed by atoms with Gasteiger partial charge in [0.05, 0.1) is 17.3 Å². The van der Waals surface area contributed by atoms with Crippen LogP contribution in [0.1, 0.15) is 50.9 Å². The van der Waals surface area contributed by atoms with Gasteiger partial charge in [-0.05, 0) is 43.3 Å². The molecule has 5 rings (SSSR count). The molecule has 0 aromatic carbocycles. The predicted molar refractivity (Wildman–Crippen MR) is 125 cm³/mol. The highest BCUT2D eigenvalue weighted by molar-refractivity contribution is 7.12. The van der Waals surface area contributed by atoms with E-state index in [1.54, 1.807) is 24.3 Å². The first-order valence-electron chi connectivity index (χ1n) is 10.7. The number of esters is 1. The number of carbonyl (C=O) groups excluding carboxylic acids is 2. The molecule has 1 amide bonds. The molecule has 0 aliphatic carbocycles. The van der Waals surface area contributed by atoms with E-state index in [4.69, 9.17) is 14.2 Å². The molecule has 170 valence electrons. The van der Waals surface area contributed by atoms with Crippen molar-refractivity contribution in [2.24, 2.45) is 0 Å². The van der Waals surface area contributed by atoms with Crippen molar-refractivity contribution in [2.45, 2.75) is 25.7 Å². The zero-order chi connectivity index (χ0) is 22.8. The van der Waals surface area contributed by atoms with Crippen molar-refractivity contribution in [1.82, 2.24) is 19.6 Å². The highest BCUT2D eigenvalue weighted by Crippen LogP contribution is 2.34. The van der Waals surface area contributed by atoms with Crippen LogP contribution in [0.4, 0.5) is 0 Å². The summed E-state index contributed by atoms with van der Waals surface area (Å²) in [4.78, 5) is 32.4. The van der Waals surface area contributed by atoms with Crippen molar-refractivity contribution in [3.8, 4) is 17.1 Å². The van der Waals surface area contributed by atoms with Crippen molar-refractivity contribution >= 4 is 34.6 Å². The molecule has 0 unspecified atom stereocenters. The Labute approximate surface area is 198 Å². The molecule has 1 aliphatic heterocycles. The van der Waals surface area contributed by atoms with E-state index in [1.165, 1.54) is 11.3 Å². The van der Waals surface area contributed by atoms with Crippen LogP contribution in [0.15, 0.2) is 51.9 Å². The minimum Gasteiger partial charge on any atom is -0.461 e. The third-order valence-electron chi connectivity index (χ3n) is 5.62. The Morgan fingerprint density at radius 2 is 2.00 bits per heavy atom. The minimum atomic E-state index is -0.509. The topological polar surface area (TPSA) is 90.5 Å². The van der Waals surface area contributed by atoms with Gasteiger partial charge in [0.15, 0.2) is 11.5 Å². The van der Waals surface area contributed by atoms with E-state index in [0.29, 0.717) is 24.5 Å². The van der Waals surface area contributed by atoms with Crippen LogP contribution in [-0.4, -0.2) is 51.2 Å². The van der Waals surface area contributed by atoms with Gasteiger partial charge >= 0.3 is 5.97 Å². The van der Waals surface area contributed by atoms with Crippen molar-refractivity contribution in [2.75, 3.05) is 19.7 Å². The predicted octanol–water partition coefficient (Wildman–Crippen LogP) is 4.85. The maximum Gasteiger partial charge on any atom is 0.360 e. The number of ether oxygens (including phenoxy) is 1. The number of hydrogen-bond donors (Lipinski definition) is 0. The smallest absolute Gasteiger partial charge is 0.360 e. The standard InChI is InChI=1S/C23H22N4O4S2/c1-2-30-23(29)16-13-19(31-25-16)17-14-33-21(24-17)15-5-10-27(11-6-15)22(28)20-18(7-12-32-20)26-8-3-4-9-26/h3-4,7-9,12-15H,2,5-6,10-11H2,1H3. The maximum atomic E-state index is 13.2. The van der Waals surface area contributed by atoms with Gasteiger partial charge in [-0.1, -0.05) is 5.16 Å². The lowest BCUT2D eigenvalue weighted by atomic mass is 9.97. The number of thiophene rings is 1. The van der Waals surface area contributed by atoms with Crippen LogP contribution in [-0.2, 0) is 4.74 Å². The van der Waals surface area contributed by atoms with Crippen LogP contribution in [0.5, 0.6) is 0 Å². The third kappa shape index (κ3) is 4.36. The van der Waals surface area contributed by atoms with Gasteiger partial charge in [0, 0.05) is 42.8 Å². The number of carbonyl (C=O) groups is 2. The van der Waals surface area contributed by atoms with Crippen LogP contribution in [0.3, 0.4) is 0 Å². The number of amides is 1. The van der Waals surface area contributed by atoms with Crippen LogP contribution < -0.4 is 0 Å². The summed E-state index contributed by atoms with van der Waals surface area (Å²) in [5, 5.41) is 8.67. The molecule has 0 bridgehead atoms. The summed E-state index contributed by atoms with van der Waals surface area (Å²) in [5.41, 5.74) is 1.73. The van der Waals surface area contributed by atoms with Crippen LogP contribution in [0, 0.1) is 0 Å². The number of likely N-dealkylation sites (tertiary alicyclic amines) is 1. The van der Waals surface area contributed by atoms with Gasteiger partial charge in [-0.25, -0.2) is 9.78 Å². The summed E-state index contributed by atoms with van der Waals surface area (Å²) in [5.74, 6) is 0.307. The average Bonchev–Trinajstić information content (AvgIpc) is 3.64. The number of aromatic nitrogens is 3. The first-order valence-corrected chi connectivity index (χ1v) is 12.5. The van der Waals surface area contributed by atoms with E-state index in [-0.39, 0.29) is 24.1 Å². The van der Waals surface area contributed by atoms with Gasteiger partial charge in [-0.15, -0.1) is 22.7 Å². The fraction of sp³-hybridized carbons (Fsp3) is 0.304. The number of nitrogens with zero attached hydrogens (tertiary/aromatic N) is 4. The lowest BCUT2D eigenvalue weighted by Crippen LogP contribution is -2.37. The van der Waals surface area contributed by atoms with Crippen molar-refractivity contribution in [3.05, 3.63) is 63.0 Å². The second kappa shape index (κ2) is 9.32. The molecule has 10 heteroatoms. The quantitative estimate of drug-likeness (QED) is 0.365. The first kappa shape index (κ1) is 21.6. The molecule has 33 heavy (non-hydrogen) atoms. The highest BCUT2D eigenvalue weighted by Gasteiger charge is 2.28. The number of thiazole rings is 1. The summed E-state index contributed by atoms with van der Waals surface area (Å²) in [6.45, 7) is 3.41. The molecule has 0 atom stereocenters. The van der Waals surface area contributed by atoms with Gasteiger partial charge < -0.3 is 18.7 Å². The Morgan fingerprint density at radius 3 is 2.76 bits per heavy atom. The van der Waals surface area contributed by atoms with Crippen LogP contribution in [0.2, 0.25) is 0 Å². The fourth-order valence-corrected chi connectivity index (χ4v) is 5.76. The molecular formula is C23H22N4O4S2. The SMILES string of the molecule is CCOC(=O)c1cc(-c2csc(C3CCN(C(=O)c4sccc4-n4cccc4)CC3)n2)on1. The normalized spacial score (nSPS) is 14.5. The van der Waals surface area contributed by atoms with E-state index in [9.17, 15) is 9.59 Å². The Kier molecular flexibility index (Phi) is 6.10. The molecule has 0 N–H and O–H groups in total. The molecule has 8 nitrogen and oxygen atoms in total. The molecule has 4 aromatic heterocycles. The third-order valence-corrected chi connectivity index (χ3v) is 7.52. The molecule has 0 radical (unpaired) electrons. The van der Waals surface area contributed by atoms with Crippen molar-refractivity contribution in [3.63, 3.8) is 0 Å². The fourth-order valence-electron chi connectivity index (χ4n) is 3.92. The van der Waals surface area contributed by atoms with Gasteiger partial charge in [-0.3, -0.25) is 4.79 Å². The molecule has 0 saturated carbocycles. The minimum absolute atomic E-state index is 0.0835. The molecule has 4 aromatic rings. The zero-order valence-corrected chi connectivity index (χ0v) is 19.6. The Hall–Kier alpha value is -3.24. The number of hydrogen-bond acceptors (Lipinski definition) is 8. The Balaban J connectivity index is 1.23. The van der Waals surface area contributed by atoms with E-state index in [2.05, 4.69) is 5.16 Å². The van der Waals surface area contributed by atoms with Gasteiger partial charge in [0.2, 0.25) is 0 Å². The van der Waals surface area contributed by atoms with E-state index in [0.717, 1.165) is 28.4 Å². The Bertz CT molecular complexity index is 1250. The second-order valence-electron chi connectivity index (χ2n) is 7.66. The monoisotopic (exact) mass is 482 g/mol. The average molecular weight is 483 g/mol. The summed E-state index contributed by atoms with van der Waals surface area (Å²) in [6.07, 6.45) is 5.62. The largest absolute Gasteiger partial charge is 0.461 e. The molecule has 0 spiro atoms. The van der Waals surface area contributed by atoms with Crippen LogP contribution in [0.25, 0.3) is 17.1 Å². The molecule has 5 heterocycles. The van der Waals surface area contributed by atoms with E-state index < -0.39 is 5.97 Å². The summed E-state index contributed by atoms with van der Waals surface area (Å²) in [6, 6.07) is 7.45. The van der Waals surface area contributed by atoms with E-state index in [1.807, 2.05) is 50.8 Å². The number of rotatable bonds is 6. The maximum absolute atomic E-state index is 13.2. The number of piperidine rings is 1. The highest BCUT2D eigenvalue weighted by atomic mass is 32.1. The Morgan fingerprint density at radius 1 is 1.21 bits per heavy atom. The molecule has 1 fully saturated rings. The zero-order valence-electron chi connectivity index (χ0n) is 18.0. The second-order valence-corrected chi connectivity index (χ2v) is 9.47. The summed E-state index contributed by atoms with van der Waals surface area (Å²) in [7, 11) is 0. The lowest BCUT2D eigenvalue weighted by molar-refractivity contribution is 0.0514. The molecule has 1 saturated heterocycles. The lowest BCUT2D eigenvalue weighted by Gasteiger charge is -2.31. The van der Waals surface area contributed by atoms with Gasteiger partial charge in [0.1, 0.15) is 10.6 Å². The van der Waals surface area contributed by atoms with Crippen molar-refractivity contribution in [1.29, 1.82) is 0 Å². The van der Waals surface area contributed by atoms with Crippen molar-refractivity contribution < 1.29 is 18.8 Å². The van der Waals surface area contributed by atoms with Crippen LogP contribution >= 0.6 is 22.7 Å². The molecular weight excluding hydrogens is 460 g/mol. The van der Waals surface area contributed by atoms with Gasteiger partial charge in [-0.2, -0.15) is 0 Å². The van der Waals surface area contributed by atoms with Gasteiger partial charge in [0.25, 0.3) is 5.91 Å².